The number of alkyl halides is 2. The molecule has 0 aliphatic carbocycles. The molecule has 0 unspecified atom stereocenters. The summed E-state index contributed by atoms with van der Waals surface area (Å²) < 4.78 is 58.4. The van der Waals surface area contributed by atoms with Crippen molar-refractivity contribution >= 4 is 67.4 Å². The number of piperidine rings is 1. The first kappa shape index (κ1) is 32.4. The molecular formula is C28H33B3F2N6O4S. The van der Waals surface area contributed by atoms with Crippen LogP contribution >= 0.6 is 0 Å². The SMILES string of the molecule is [B]C([B])([B])O[C@@H]1[C@H](O)CN(c2nccc(Nc3cc4c(C(C)C)ccc(N5C[C@H](CS(C)(=O)=O)[C@H]5C)c4cn3)n2)CC1(F)F. The molecule has 3 aromatic rings. The first-order chi connectivity index (χ1) is 20.4. The molecular weight excluding hydrogens is 587 g/mol. The molecule has 16 heteroatoms. The van der Waals surface area contributed by atoms with Gasteiger partial charge in [-0.2, -0.15) is 4.98 Å². The lowest BCUT2D eigenvalue weighted by Gasteiger charge is -2.48. The first-order valence-corrected chi connectivity index (χ1v) is 16.3. The van der Waals surface area contributed by atoms with Crippen molar-refractivity contribution in [2.45, 2.75) is 56.2 Å². The summed E-state index contributed by atoms with van der Waals surface area (Å²) >= 11 is 0. The van der Waals surface area contributed by atoms with Crippen LogP contribution in [0, 0.1) is 5.92 Å². The Balaban J connectivity index is 1.38. The molecule has 5 rings (SSSR count). The number of aliphatic hydroxyl groups excluding tert-OH is 1. The third kappa shape index (κ3) is 6.97. The van der Waals surface area contributed by atoms with Crippen molar-refractivity contribution in [3.63, 3.8) is 0 Å². The predicted molar refractivity (Wildman–Crippen MR) is 169 cm³/mol. The molecule has 0 spiro atoms. The molecule has 44 heavy (non-hydrogen) atoms. The lowest BCUT2D eigenvalue weighted by atomic mass is 9.52. The minimum Gasteiger partial charge on any atom is -0.391 e. The molecule has 0 amide bonds. The van der Waals surface area contributed by atoms with Gasteiger partial charge in [-0.1, -0.05) is 19.9 Å². The first-order valence-electron chi connectivity index (χ1n) is 14.2. The number of hydrogen-bond acceptors (Lipinski definition) is 10. The third-order valence-corrected chi connectivity index (χ3v) is 9.09. The van der Waals surface area contributed by atoms with Crippen LogP contribution in [-0.2, 0) is 14.6 Å². The van der Waals surface area contributed by atoms with Gasteiger partial charge >= 0.3 is 0 Å². The number of aliphatic hydroxyl groups is 1. The van der Waals surface area contributed by atoms with Gasteiger partial charge in [-0.15, -0.1) is 0 Å². The fraction of sp³-hybridized carbons (Fsp3) is 0.536. The van der Waals surface area contributed by atoms with E-state index >= 15 is 0 Å². The normalized spacial score (nSPS) is 24.0. The number of anilines is 4. The number of rotatable bonds is 9. The van der Waals surface area contributed by atoms with Crippen LogP contribution in [0.5, 0.6) is 0 Å². The second-order valence-corrected chi connectivity index (χ2v) is 14.3. The molecule has 6 radical (unpaired) electrons. The van der Waals surface area contributed by atoms with Crippen LogP contribution in [0.25, 0.3) is 10.8 Å². The number of nitrogens with zero attached hydrogens (tertiary/aromatic N) is 5. The highest BCUT2D eigenvalue weighted by molar-refractivity contribution is 7.90. The molecule has 1 aromatic carbocycles. The van der Waals surface area contributed by atoms with Crippen LogP contribution in [0.15, 0.2) is 36.7 Å². The quantitative estimate of drug-likeness (QED) is 0.345. The van der Waals surface area contributed by atoms with Crippen LogP contribution in [0.4, 0.5) is 32.1 Å². The summed E-state index contributed by atoms with van der Waals surface area (Å²) in [4.78, 5) is 16.5. The van der Waals surface area contributed by atoms with Crippen molar-refractivity contribution in [3.8, 4) is 0 Å². The molecule has 4 heterocycles. The highest BCUT2D eigenvalue weighted by Crippen LogP contribution is 2.40. The zero-order valence-electron chi connectivity index (χ0n) is 25.0. The van der Waals surface area contributed by atoms with E-state index in [9.17, 15) is 22.3 Å². The van der Waals surface area contributed by atoms with Gasteiger partial charge in [0.15, 0.2) is 0 Å². The van der Waals surface area contributed by atoms with Gasteiger partial charge in [0.25, 0.3) is 5.92 Å². The smallest absolute Gasteiger partial charge is 0.293 e. The third-order valence-electron chi connectivity index (χ3n) is 8.05. The predicted octanol–water partition coefficient (Wildman–Crippen LogP) is 2.08. The van der Waals surface area contributed by atoms with Gasteiger partial charge < -0.3 is 25.0 Å². The molecule has 228 valence electrons. The van der Waals surface area contributed by atoms with E-state index in [4.69, 9.17) is 28.3 Å². The van der Waals surface area contributed by atoms with Gasteiger partial charge in [-0.05, 0) is 47.3 Å². The molecule has 2 fully saturated rings. The number of hydrogen-bond donors (Lipinski definition) is 2. The van der Waals surface area contributed by atoms with Gasteiger partial charge in [0.05, 0.1) is 35.8 Å². The van der Waals surface area contributed by atoms with E-state index in [1.165, 1.54) is 12.5 Å². The fourth-order valence-electron chi connectivity index (χ4n) is 5.91. The lowest BCUT2D eigenvalue weighted by Crippen LogP contribution is -2.63. The molecule has 0 bridgehead atoms. The van der Waals surface area contributed by atoms with Gasteiger partial charge in [0.2, 0.25) is 5.95 Å². The van der Waals surface area contributed by atoms with Crippen LogP contribution in [-0.4, -0.2) is 113 Å². The topological polar surface area (TPSA) is 121 Å². The minimum absolute atomic E-state index is 0.0342. The number of sulfone groups is 1. The zero-order chi connectivity index (χ0) is 32.2. The van der Waals surface area contributed by atoms with Crippen molar-refractivity contribution in [1.29, 1.82) is 0 Å². The number of nitrogens with one attached hydrogen (secondary N) is 1. The van der Waals surface area contributed by atoms with E-state index < -0.39 is 39.8 Å². The Bertz CT molecular complexity index is 1650. The Morgan fingerprint density at radius 3 is 2.50 bits per heavy atom. The largest absolute Gasteiger partial charge is 0.391 e. The Hall–Kier alpha value is -2.97. The molecule has 4 atom stereocenters. The van der Waals surface area contributed by atoms with E-state index in [1.54, 1.807) is 12.3 Å². The zero-order valence-corrected chi connectivity index (χ0v) is 25.8. The second kappa shape index (κ2) is 11.8. The van der Waals surface area contributed by atoms with Gasteiger partial charge in [0, 0.05) is 54.8 Å². The number of aromatic nitrogens is 3. The van der Waals surface area contributed by atoms with E-state index in [2.05, 4.69) is 51.1 Å². The molecule has 2 aromatic heterocycles. The number of ether oxygens (including phenoxy) is 1. The summed E-state index contributed by atoms with van der Waals surface area (Å²) in [7, 11) is 12.9. The highest BCUT2D eigenvalue weighted by Gasteiger charge is 2.52. The van der Waals surface area contributed by atoms with Gasteiger partial charge in [0.1, 0.15) is 33.7 Å². The van der Waals surface area contributed by atoms with Crippen molar-refractivity contribution < 1.29 is 27.0 Å². The van der Waals surface area contributed by atoms with Crippen LogP contribution < -0.4 is 15.1 Å². The Morgan fingerprint density at radius 2 is 1.89 bits per heavy atom. The standard InChI is InChI=1S/C28H33B3F2N6O4S/c1-15(2)18-5-6-21(39-11-17(16(39)3)13-44(4,41)42)20-10-35-24(9-19(18)20)36-23-7-8-34-26(37-23)38-12-22(40)25(27(32,33)14-38)43-28(29,30)31/h5-10,15-17,22,25,40H,11-14H2,1-4H3,(H,34,35,36,37)/t16-,17-,22-,25-/m1/s1. The molecule has 2 aliphatic heterocycles. The maximum Gasteiger partial charge on any atom is 0.293 e. The molecule has 2 N–H and O–H groups in total. The molecule has 10 nitrogen and oxygen atoms in total. The number of halogens is 2. The van der Waals surface area contributed by atoms with Crippen LogP contribution in [0.2, 0.25) is 0 Å². The van der Waals surface area contributed by atoms with Crippen molar-refractivity contribution in [3.05, 3.63) is 42.2 Å². The Morgan fingerprint density at radius 1 is 1.16 bits per heavy atom. The second-order valence-electron chi connectivity index (χ2n) is 12.2. The Labute approximate surface area is 260 Å². The maximum atomic E-state index is 14.9. The fourth-order valence-corrected chi connectivity index (χ4v) is 7.07. The summed E-state index contributed by atoms with van der Waals surface area (Å²) in [6, 6.07) is 7.68. The summed E-state index contributed by atoms with van der Waals surface area (Å²) in [6.07, 6.45) is 0.770. The van der Waals surface area contributed by atoms with Gasteiger partial charge in [-0.25, -0.2) is 27.2 Å². The molecule has 2 aliphatic rings. The lowest BCUT2D eigenvalue weighted by molar-refractivity contribution is -0.186. The van der Waals surface area contributed by atoms with E-state index in [0.29, 0.717) is 18.2 Å². The van der Waals surface area contributed by atoms with E-state index in [0.717, 1.165) is 26.9 Å². The number of β-amino-alcohol motifs (C(OH)–C–C–N with tert-alkyl or cyclic N) is 1. The summed E-state index contributed by atoms with van der Waals surface area (Å²) in [5.74, 6) is -2.38. The average Bonchev–Trinajstić information content (AvgIpc) is 2.91. The van der Waals surface area contributed by atoms with Gasteiger partial charge in [-0.3, -0.25) is 0 Å². The summed E-state index contributed by atoms with van der Waals surface area (Å²) in [6.45, 7) is 5.73. The molecule has 2 saturated heterocycles. The Kier molecular flexibility index (Phi) is 8.66. The number of fused-ring (bicyclic) bond motifs is 1. The van der Waals surface area contributed by atoms with E-state index in [-0.39, 0.29) is 36.1 Å². The highest BCUT2D eigenvalue weighted by atomic mass is 32.2. The van der Waals surface area contributed by atoms with Crippen LogP contribution in [0.3, 0.4) is 0 Å². The minimum atomic E-state index is -3.56. The number of pyridine rings is 1. The summed E-state index contributed by atoms with van der Waals surface area (Å²) in [5.41, 5.74) is 2.09. The van der Waals surface area contributed by atoms with Crippen molar-refractivity contribution in [2.24, 2.45) is 5.92 Å². The average molecular weight is 620 g/mol. The monoisotopic (exact) mass is 620 g/mol. The summed E-state index contributed by atoms with van der Waals surface area (Å²) in [5, 5.41) is 13.1. The van der Waals surface area contributed by atoms with Crippen LogP contribution in [0.1, 0.15) is 32.3 Å². The molecule has 0 saturated carbocycles. The maximum absolute atomic E-state index is 14.9. The number of benzene rings is 1. The van der Waals surface area contributed by atoms with E-state index in [1.807, 2.05) is 13.0 Å². The van der Waals surface area contributed by atoms with Crippen molar-refractivity contribution in [1.82, 2.24) is 15.0 Å². The van der Waals surface area contributed by atoms with Crippen molar-refractivity contribution in [2.75, 3.05) is 46.8 Å².